The molecule has 2 heterocycles. The molecule has 21 heavy (non-hydrogen) atoms. The first-order chi connectivity index (χ1) is 10.3. The van der Waals surface area contributed by atoms with Crippen LogP contribution in [0.1, 0.15) is 15.9 Å². The molecule has 3 aromatic rings. The number of pyridine rings is 1. The Morgan fingerprint density at radius 1 is 1.19 bits per heavy atom. The highest BCUT2D eigenvalue weighted by atomic mass is 16.2. The fraction of sp³-hybridized carbons (Fsp3) is 0.176. The smallest absolute Gasteiger partial charge is 0.255 e. The number of carbonyl (C=O) groups is 1. The van der Waals surface area contributed by atoms with Crippen molar-refractivity contribution in [2.24, 2.45) is 0 Å². The Bertz CT molecular complexity index is 749. The zero-order valence-corrected chi connectivity index (χ0v) is 11.9. The predicted octanol–water partition coefficient (Wildman–Crippen LogP) is 2.88. The Kier molecular flexibility index (Phi) is 3.69. The van der Waals surface area contributed by atoms with Crippen molar-refractivity contribution in [1.29, 1.82) is 0 Å². The van der Waals surface area contributed by atoms with Gasteiger partial charge in [-0.2, -0.15) is 0 Å². The maximum absolute atomic E-state index is 12.6. The number of benzene rings is 1. The van der Waals surface area contributed by atoms with Crippen molar-refractivity contribution in [3.05, 3.63) is 66.1 Å². The minimum Gasteiger partial charge on any atom is -0.361 e. The third-order valence-corrected chi connectivity index (χ3v) is 3.65. The van der Waals surface area contributed by atoms with Gasteiger partial charge in [0.25, 0.3) is 5.91 Å². The number of hydrogen-bond acceptors (Lipinski definition) is 2. The molecule has 1 aromatic carbocycles. The fourth-order valence-corrected chi connectivity index (χ4v) is 2.42. The van der Waals surface area contributed by atoms with Crippen LogP contribution in [0, 0.1) is 0 Å². The van der Waals surface area contributed by atoms with Gasteiger partial charge in [-0.25, -0.2) is 0 Å². The number of aromatic nitrogens is 2. The van der Waals surface area contributed by atoms with Crippen molar-refractivity contribution >= 4 is 16.8 Å². The third kappa shape index (κ3) is 2.79. The van der Waals surface area contributed by atoms with Crippen LogP contribution in [0.5, 0.6) is 0 Å². The highest BCUT2D eigenvalue weighted by Crippen LogP contribution is 2.18. The molecule has 0 unspecified atom stereocenters. The van der Waals surface area contributed by atoms with Crippen molar-refractivity contribution in [3.63, 3.8) is 0 Å². The normalized spacial score (nSPS) is 10.7. The number of para-hydroxylation sites is 1. The Labute approximate surface area is 123 Å². The fourth-order valence-electron chi connectivity index (χ4n) is 2.42. The highest BCUT2D eigenvalue weighted by Gasteiger charge is 2.15. The van der Waals surface area contributed by atoms with E-state index in [1.54, 1.807) is 17.3 Å². The highest BCUT2D eigenvalue weighted by molar-refractivity contribution is 6.05. The lowest BCUT2D eigenvalue weighted by molar-refractivity contribution is 0.0798. The molecule has 106 valence electrons. The van der Waals surface area contributed by atoms with E-state index in [0.717, 1.165) is 22.9 Å². The summed E-state index contributed by atoms with van der Waals surface area (Å²) in [5.41, 5.74) is 2.80. The maximum Gasteiger partial charge on any atom is 0.255 e. The van der Waals surface area contributed by atoms with Crippen LogP contribution in [0.4, 0.5) is 0 Å². The van der Waals surface area contributed by atoms with Crippen LogP contribution in [-0.2, 0) is 6.42 Å². The van der Waals surface area contributed by atoms with E-state index in [2.05, 4.69) is 9.97 Å². The second-order valence-corrected chi connectivity index (χ2v) is 5.08. The van der Waals surface area contributed by atoms with Gasteiger partial charge in [0.15, 0.2) is 0 Å². The molecule has 4 heteroatoms. The van der Waals surface area contributed by atoms with Crippen LogP contribution in [0.25, 0.3) is 10.9 Å². The Balaban J connectivity index is 1.74. The van der Waals surface area contributed by atoms with E-state index < -0.39 is 0 Å². The molecule has 0 radical (unpaired) electrons. The molecule has 0 atom stereocenters. The number of nitrogens with one attached hydrogen (secondary N) is 1. The number of likely N-dealkylation sites (N-methyl/N-ethyl adjacent to an activating group) is 1. The summed E-state index contributed by atoms with van der Waals surface area (Å²) < 4.78 is 0. The number of fused-ring (bicyclic) bond motifs is 1. The number of amides is 1. The average Bonchev–Trinajstić information content (AvgIpc) is 3.01. The van der Waals surface area contributed by atoms with Gasteiger partial charge in [0.05, 0.1) is 11.1 Å². The Morgan fingerprint density at radius 3 is 2.81 bits per heavy atom. The first-order valence-corrected chi connectivity index (χ1v) is 6.96. The van der Waals surface area contributed by atoms with Gasteiger partial charge in [-0.15, -0.1) is 0 Å². The lowest BCUT2D eigenvalue weighted by Gasteiger charge is -2.17. The van der Waals surface area contributed by atoms with E-state index in [9.17, 15) is 4.79 Å². The van der Waals surface area contributed by atoms with Gasteiger partial charge in [-0.1, -0.05) is 12.1 Å². The van der Waals surface area contributed by atoms with E-state index in [1.165, 1.54) is 5.56 Å². The summed E-state index contributed by atoms with van der Waals surface area (Å²) in [6.45, 7) is 0.680. The van der Waals surface area contributed by atoms with Crippen LogP contribution in [0.15, 0.2) is 55.0 Å². The summed E-state index contributed by atoms with van der Waals surface area (Å²) in [5, 5.41) is 1.06. The Morgan fingerprint density at radius 2 is 2.00 bits per heavy atom. The van der Waals surface area contributed by atoms with E-state index in [-0.39, 0.29) is 5.91 Å². The SMILES string of the molecule is CN(CCc1ccncc1)C(=O)c1cccc2cc[nH]c12. The molecule has 3 rings (SSSR count). The quantitative estimate of drug-likeness (QED) is 0.798. The van der Waals surface area contributed by atoms with E-state index in [0.29, 0.717) is 6.54 Å². The van der Waals surface area contributed by atoms with Gasteiger partial charge in [0.2, 0.25) is 0 Å². The van der Waals surface area contributed by atoms with E-state index >= 15 is 0 Å². The molecule has 0 saturated carbocycles. The number of hydrogen-bond donors (Lipinski definition) is 1. The van der Waals surface area contributed by atoms with Crippen LogP contribution >= 0.6 is 0 Å². The molecule has 1 amide bonds. The van der Waals surface area contributed by atoms with Gasteiger partial charge in [-0.05, 0) is 36.2 Å². The van der Waals surface area contributed by atoms with Crippen LogP contribution < -0.4 is 0 Å². The van der Waals surface area contributed by atoms with Crippen molar-refractivity contribution in [1.82, 2.24) is 14.9 Å². The summed E-state index contributed by atoms with van der Waals surface area (Å²) in [5.74, 6) is 0.0390. The summed E-state index contributed by atoms with van der Waals surface area (Å²) in [4.78, 5) is 21.5. The topological polar surface area (TPSA) is 49.0 Å². The predicted molar refractivity (Wildman–Crippen MR) is 83.2 cm³/mol. The molecule has 0 aliphatic heterocycles. The van der Waals surface area contributed by atoms with Gasteiger partial charge in [-0.3, -0.25) is 9.78 Å². The minimum absolute atomic E-state index is 0.0390. The molecular weight excluding hydrogens is 262 g/mol. The summed E-state index contributed by atoms with van der Waals surface area (Å²) in [6.07, 6.45) is 6.23. The molecule has 1 N–H and O–H groups in total. The number of rotatable bonds is 4. The van der Waals surface area contributed by atoms with Crippen molar-refractivity contribution in [2.75, 3.05) is 13.6 Å². The van der Waals surface area contributed by atoms with Gasteiger partial charge >= 0.3 is 0 Å². The van der Waals surface area contributed by atoms with Crippen LogP contribution in [-0.4, -0.2) is 34.4 Å². The molecule has 0 spiro atoms. The van der Waals surface area contributed by atoms with Gasteiger partial charge in [0, 0.05) is 37.6 Å². The average molecular weight is 279 g/mol. The first kappa shape index (κ1) is 13.4. The number of carbonyl (C=O) groups excluding carboxylic acids is 1. The van der Waals surface area contributed by atoms with Crippen LogP contribution in [0.2, 0.25) is 0 Å². The Hall–Kier alpha value is -2.62. The second-order valence-electron chi connectivity index (χ2n) is 5.08. The summed E-state index contributed by atoms with van der Waals surface area (Å²) in [7, 11) is 1.84. The largest absolute Gasteiger partial charge is 0.361 e. The van der Waals surface area contributed by atoms with Crippen molar-refractivity contribution in [2.45, 2.75) is 6.42 Å². The lowest BCUT2D eigenvalue weighted by Crippen LogP contribution is -2.29. The molecule has 0 saturated heterocycles. The van der Waals surface area contributed by atoms with E-state index in [1.807, 2.05) is 49.6 Å². The van der Waals surface area contributed by atoms with Crippen molar-refractivity contribution in [3.8, 4) is 0 Å². The summed E-state index contributed by atoms with van der Waals surface area (Å²) >= 11 is 0. The van der Waals surface area contributed by atoms with Crippen molar-refractivity contribution < 1.29 is 4.79 Å². The molecule has 4 nitrogen and oxygen atoms in total. The molecular formula is C17H17N3O. The van der Waals surface area contributed by atoms with Gasteiger partial charge < -0.3 is 9.88 Å². The monoisotopic (exact) mass is 279 g/mol. The zero-order chi connectivity index (χ0) is 14.7. The van der Waals surface area contributed by atoms with Crippen LogP contribution in [0.3, 0.4) is 0 Å². The third-order valence-electron chi connectivity index (χ3n) is 3.65. The summed E-state index contributed by atoms with van der Waals surface area (Å²) in [6, 6.07) is 11.7. The van der Waals surface area contributed by atoms with E-state index in [4.69, 9.17) is 0 Å². The lowest BCUT2D eigenvalue weighted by atomic mass is 10.1. The maximum atomic E-state index is 12.6. The molecule has 0 aliphatic carbocycles. The first-order valence-electron chi connectivity index (χ1n) is 6.96. The second kappa shape index (κ2) is 5.79. The number of nitrogens with zero attached hydrogens (tertiary/aromatic N) is 2. The minimum atomic E-state index is 0.0390. The molecule has 2 aromatic heterocycles. The van der Waals surface area contributed by atoms with Gasteiger partial charge in [0.1, 0.15) is 0 Å². The molecule has 0 bridgehead atoms. The number of H-pyrrole nitrogens is 1. The zero-order valence-electron chi connectivity index (χ0n) is 11.9. The molecule has 0 aliphatic rings. The molecule has 0 fully saturated rings. The number of aromatic amines is 1. The standard InChI is InChI=1S/C17H17N3O/c1-20(12-8-13-5-9-18-10-6-13)17(21)15-4-2-3-14-7-11-19-16(14)15/h2-7,9-11,19H,8,12H2,1H3.